The van der Waals surface area contributed by atoms with Crippen molar-refractivity contribution in [2.45, 2.75) is 0 Å². The first-order chi connectivity index (χ1) is 2.00. The van der Waals surface area contributed by atoms with E-state index in [9.17, 15) is 0 Å². The number of rotatable bonds is 0. The van der Waals surface area contributed by atoms with Gasteiger partial charge in [0.15, 0.2) is 0 Å². The van der Waals surface area contributed by atoms with E-state index in [4.69, 9.17) is 17.5 Å². The van der Waals surface area contributed by atoms with E-state index in [0.29, 0.717) is 0 Å². The first kappa shape index (κ1) is 9.64. The molecule has 0 aromatic heterocycles. The summed E-state index contributed by atoms with van der Waals surface area (Å²) in [7, 11) is -4.67. The molecule has 0 saturated carbocycles. The molecule has 0 unspecified atom stereocenters. The van der Waals surface area contributed by atoms with Gasteiger partial charge in [0.05, 0.1) is 0 Å². The van der Waals surface area contributed by atoms with Crippen molar-refractivity contribution in [3.8, 4) is 0 Å². The molecule has 0 aliphatic heterocycles. The molecule has 0 atom stereocenters. The normalized spacial score (nSPS) is 9.67. The van der Waals surface area contributed by atoms with Crippen LogP contribution in [0.1, 0.15) is 1.43 Å². The van der Waals surface area contributed by atoms with E-state index in [1.807, 2.05) is 0 Å². The average Bonchev–Trinajstić information content (AvgIpc) is 0.722. The van der Waals surface area contributed by atoms with Gasteiger partial charge < -0.3 is 0 Å². The first-order valence-electron chi connectivity index (χ1n) is 0.698. The maximum Gasteiger partial charge on any atom is 3.00 e. The topological polar surface area (TPSA) is 74.6 Å². The Balaban J connectivity index is -0.0000000800. The Morgan fingerprint density at radius 3 is 1.33 bits per heavy atom. The molecular formula is H3AlO4S+4. The van der Waals surface area contributed by atoms with Crippen molar-refractivity contribution in [2.75, 3.05) is 0 Å². The second kappa shape index (κ2) is 2.55. The number of hydrogen-bond acceptors (Lipinski definition) is 2. The second-order valence-corrected chi connectivity index (χ2v) is 1.34. The summed E-state index contributed by atoms with van der Waals surface area (Å²) in [6.45, 7) is 0. The molecule has 0 spiro atoms. The van der Waals surface area contributed by atoms with Gasteiger partial charge in [-0.05, 0) is 0 Å². The predicted molar refractivity (Wildman–Crippen MR) is 21.0 cm³/mol. The van der Waals surface area contributed by atoms with Gasteiger partial charge in [0.2, 0.25) is 0 Å². The van der Waals surface area contributed by atoms with Crippen LogP contribution in [0, 0.1) is 0 Å². The number of hydrogen-bond donors (Lipinski definition) is 2. The average molecular weight is 126 g/mol. The molecule has 0 fully saturated rings. The van der Waals surface area contributed by atoms with Gasteiger partial charge >= 0.3 is 29.2 Å². The summed E-state index contributed by atoms with van der Waals surface area (Å²) >= 11 is 0. The second-order valence-electron chi connectivity index (χ2n) is 0.448. The summed E-state index contributed by atoms with van der Waals surface area (Å²) < 4.78 is 31.6. The zero-order chi connectivity index (χ0) is 4.50. The smallest absolute Gasteiger partial charge is 0.264 e. The quantitative estimate of drug-likeness (QED) is 0.325. The molecule has 0 heterocycles. The molecule has 0 saturated heterocycles. The van der Waals surface area contributed by atoms with Gasteiger partial charge in [-0.1, -0.05) is 0 Å². The molecule has 0 aliphatic carbocycles. The van der Waals surface area contributed by atoms with Crippen LogP contribution in [0.25, 0.3) is 0 Å². The van der Waals surface area contributed by atoms with Crippen molar-refractivity contribution < 1.29 is 18.9 Å². The molecule has 0 bridgehead atoms. The van der Waals surface area contributed by atoms with Crippen LogP contribution in [-0.4, -0.2) is 34.9 Å². The van der Waals surface area contributed by atoms with E-state index in [1.165, 1.54) is 0 Å². The van der Waals surface area contributed by atoms with Crippen LogP contribution in [0.5, 0.6) is 0 Å². The summed E-state index contributed by atoms with van der Waals surface area (Å²) in [5.41, 5.74) is 0. The van der Waals surface area contributed by atoms with E-state index in [1.54, 1.807) is 0 Å². The summed E-state index contributed by atoms with van der Waals surface area (Å²) in [5.74, 6) is 0. The minimum Gasteiger partial charge on any atom is -0.264 e. The SMILES string of the molecule is O=S(=O)(O)O.[Al+3].[H+]. The van der Waals surface area contributed by atoms with E-state index >= 15 is 0 Å². The van der Waals surface area contributed by atoms with Crippen molar-refractivity contribution in [3.05, 3.63) is 0 Å². The van der Waals surface area contributed by atoms with Gasteiger partial charge in [-0.2, -0.15) is 8.42 Å². The third-order valence-corrected chi connectivity index (χ3v) is 0. The molecule has 4 nitrogen and oxygen atoms in total. The minimum atomic E-state index is -4.67. The fraction of sp³-hybridized carbons (Fsp3) is 0. The van der Waals surface area contributed by atoms with Gasteiger partial charge in [-0.3, -0.25) is 9.11 Å². The predicted octanol–water partition coefficient (Wildman–Crippen LogP) is -0.921. The molecule has 32 valence electrons. The van der Waals surface area contributed by atoms with E-state index < -0.39 is 10.4 Å². The largest absolute Gasteiger partial charge is 3.00 e. The fourth-order valence-electron chi connectivity index (χ4n) is 0. The molecule has 6 heteroatoms. The van der Waals surface area contributed by atoms with Gasteiger partial charge in [-0.15, -0.1) is 0 Å². The van der Waals surface area contributed by atoms with Gasteiger partial charge in [-0.25, -0.2) is 0 Å². The van der Waals surface area contributed by atoms with Crippen LogP contribution >= 0.6 is 0 Å². The summed E-state index contributed by atoms with van der Waals surface area (Å²) in [4.78, 5) is 0. The van der Waals surface area contributed by atoms with Crippen LogP contribution in [0.2, 0.25) is 0 Å². The van der Waals surface area contributed by atoms with Crippen LogP contribution in [0.3, 0.4) is 0 Å². The molecule has 2 N–H and O–H groups in total. The Morgan fingerprint density at radius 2 is 1.33 bits per heavy atom. The Bertz CT molecular complexity index is 94.9. The summed E-state index contributed by atoms with van der Waals surface area (Å²) in [6.07, 6.45) is 0. The molecule has 0 rings (SSSR count). The first-order valence-corrected chi connectivity index (χ1v) is 2.10. The maximum atomic E-state index is 8.74. The Hall–Kier alpha value is 0.402. The third-order valence-electron chi connectivity index (χ3n) is 0. The van der Waals surface area contributed by atoms with E-state index in [0.717, 1.165) is 0 Å². The van der Waals surface area contributed by atoms with Gasteiger partial charge in [0.25, 0.3) is 0 Å². The van der Waals surface area contributed by atoms with Crippen molar-refractivity contribution >= 4 is 27.8 Å². The Labute approximate surface area is 47.4 Å². The van der Waals surface area contributed by atoms with Crippen molar-refractivity contribution in [3.63, 3.8) is 0 Å². The molecule has 0 aromatic rings. The fourth-order valence-corrected chi connectivity index (χ4v) is 0. The van der Waals surface area contributed by atoms with Crippen LogP contribution in [-0.2, 0) is 10.4 Å². The van der Waals surface area contributed by atoms with Gasteiger partial charge in [0, 0.05) is 0 Å². The summed E-state index contributed by atoms with van der Waals surface area (Å²) in [5, 5.41) is 0. The Kier molecular flexibility index (Phi) is 4.10. The molecule has 0 amide bonds. The third kappa shape index (κ3) is 315. The molecule has 0 radical (unpaired) electrons. The van der Waals surface area contributed by atoms with Crippen LogP contribution < -0.4 is 0 Å². The standard InChI is InChI=1S/Al.H2O4S/c;1-5(2,3)4/h;(H2,1,2,3,4)/q+3;/p+1. The van der Waals surface area contributed by atoms with Crippen molar-refractivity contribution in [2.24, 2.45) is 0 Å². The zero-order valence-corrected chi connectivity index (χ0v) is 4.67. The summed E-state index contributed by atoms with van der Waals surface area (Å²) in [6, 6.07) is 0. The van der Waals surface area contributed by atoms with Gasteiger partial charge in [0.1, 0.15) is 0 Å². The van der Waals surface area contributed by atoms with Crippen LogP contribution in [0.15, 0.2) is 0 Å². The van der Waals surface area contributed by atoms with E-state index in [-0.39, 0.29) is 18.8 Å². The monoisotopic (exact) mass is 126 g/mol. The van der Waals surface area contributed by atoms with Crippen LogP contribution in [0.4, 0.5) is 0 Å². The van der Waals surface area contributed by atoms with Crippen molar-refractivity contribution in [1.29, 1.82) is 0 Å². The molecule has 0 aromatic carbocycles. The van der Waals surface area contributed by atoms with E-state index in [2.05, 4.69) is 0 Å². The zero-order valence-electron chi connectivity index (χ0n) is 3.70. The maximum absolute atomic E-state index is 8.74. The van der Waals surface area contributed by atoms with Crippen molar-refractivity contribution in [1.82, 2.24) is 0 Å². The Morgan fingerprint density at radius 1 is 1.33 bits per heavy atom. The minimum absolute atomic E-state index is 0. The molecule has 0 aliphatic rings. The molecule has 6 heavy (non-hydrogen) atoms. The molecular weight excluding hydrogens is 123 g/mol.